The Labute approximate surface area is 102 Å². The maximum atomic E-state index is 5.97. The summed E-state index contributed by atoms with van der Waals surface area (Å²) in [6.45, 7) is 6.47. The Hall–Kier alpha value is -0.240. The van der Waals surface area contributed by atoms with Gasteiger partial charge in [0.15, 0.2) is 0 Å². The lowest BCUT2D eigenvalue weighted by molar-refractivity contribution is 0.469. The van der Waals surface area contributed by atoms with Gasteiger partial charge in [0.2, 0.25) is 0 Å². The van der Waals surface area contributed by atoms with Crippen LogP contribution in [0.5, 0.6) is 0 Å². The van der Waals surface area contributed by atoms with E-state index in [1.165, 1.54) is 5.56 Å². The molecule has 1 N–H and O–H groups in total. The van der Waals surface area contributed by atoms with Gasteiger partial charge in [-0.25, -0.2) is 0 Å². The van der Waals surface area contributed by atoms with Gasteiger partial charge in [-0.15, -0.1) is 0 Å². The first-order valence-electron chi connectivity index (χ1n) is 5.25. The summed E-state index contributed by atoms with van der Waals surface area (Å²) < 4.78 is 0. The van der Waals surface area contributed by atoms with E-state index in [4.69, 9.17) is 23.2 Å². The molecule has 0 aromatic heterocycles. The molecule has 0 aliphatic carbocycles. The molecule has 0 unspecified atom stereocenters. The molecule has 0 radical (unpaired) electrons. The van der Waals surface area contributed by atoms with Crippen molar-refractivity contribution in [1.82, 2.24) is 5.32 Å². The minimum absolute atomic E-state index is 0.301. The SMILES string of the molecule is CC[C@@H](C)N[C@@H](C)c1ccc(Cl)c(Cl)c1. The Bertz CT molecular complexity index is 325. The summed E-state index contributed by atoms with van der Waals surface area (Å²) in [4.78, 5) is 0. The van der Waals surface area contributed by atoms with Crippen LogP contribution in [0.1, 0.15) is 38.8 Å². The van der Waals surface area contributed by atoms with E-state index < -0.39 is 0 Å². The number of hydrogen-bond acceptors (Lipinski definition) is 1. The minimum atomic E-state index is 0.301. The first-order chi connectivity index (χ1) is 7.04. The molecule has 0 saturated heterocycles. The minimum Gasteiger partial charge on any atom is -0.308 e. The molecule has 0 heterocycles. The monoisotopic (exact) mass is 245 g/mol. The van der Waals surface area contributed by atoms with Gasteiger partial charge in [-0.2, -0.15) is 0 Å². The van der Waals surface area contributed by atoms with E-state index >= 15 is 0 Å². The highest BCUT2D eigenvalue weighted by atomic mass is 35.5. The Morgan fingerprint density at radius 1 is 1.20 bits per heavy atom. The molecular weight excluding hydrogens is 229 g/mol. The van der Waals surface area contributed by atoms with Crippen LogP contribution in [-0.4, -0.2) is 6.04 Å². The first-order valence-corrected chi connectivity index (χ1v) is 6.01. The zero-order valence-electron chi connectivity index (χ0n) is 9.35. The van der Waals surface area contributed by atoms with Crippen LogP contribution in [-0.2, 0) is 0 Å². The molecule has 0 aliphatic heterocycles. The first kappa shape index (κ1) is 12.8. The molecule has 0 amide bonds. The number of benzene rings is 1. The third-order valence-electron chi connectivity index (χ3n) is 2.59. The van der Waals surface area contributed by atoms with Crippen molar-refractivity contribution in [2.24, 2.45) is 0 Å². The second-order valence-corrected chi connectivity index (χ2v) is 4.69. The molecule has 1 rings (SSSR count). The van der Waals surface area contributed by atoms with Crippen LogP contribution in [0.2, 0.25) is 10.0 Å². The lowest BCUT2D eigenvalue weighted by Gasteiger charge is -2.19. The van der Waals surface area contributed by atoms with Gasteiger partial charge in [0.25, 0.3) is 0 Å². The third-order valence-corrected chi connectivity index (χ3v) is 3.33. The zero-order valence-corrected chi connectivity index (χ0v) is 10.9. The number of hydrogen-bond donors (Lipinski definition) is 1. The van der Waals surface area contributed by atoms with E-state index in [0.29, 0.717) is 22.1 Å². The predicted octanol–water partition coefficient (Wildman–Crippen LogP) is 4.44. The quantitative estimate of drug-likeness (QED) is 0.827. The largest absolute Gasteiger partial charge is 0.308 e. The number of rotatable bonds is 4. The molecule has 1 aromatic carbocycles. The van der Waals surface area contributed by atoms with E-state index in [0.717, 1.165) is 6.42 Å². The van der Waals surface area contributed by atoms with Gasteiger partial charge in [-0.3, -0.25) is 0 Å². The van der Waals surface area contributed by atoms with Crippen LogP contribution in [0.3, 0.4) is 0 Å². The summed E-state index contributed by atoms with van der Waals surface area (Å²) in [5.41, 5.74) is 1.17. The highest BCUT2D eigenvalue weighted by Gasteiger charge is 2.09. The molecule has 0 fully saturated rings. The van der Waals surface area contributed by atoms with Crippen molar-refractivity contribution >= 4 is 23.2 Å². The van der Waals surface area contributed by atoms with Crippen LogP contribution in [0.15, 0.2) is 18.2 Å². The van der Waals surface area contributed by atoms with Crippen LogP contribution in [0.4, 0.5) is 0 Å². The average Bonchev–Trinajstić information content (AvgIpc) is 2.21. The summed E-state index contributed by atoms with van der Waals surface area (Å²) in [6, 6.07) is 6.58. The Morgan fingerprint density at radius 3 is 2.40 bits per heavy atom. The molecule has 3 heteroatoms. The average molecular weight is 246 g/mol. The molecule has 0 aliphatic rings. The fraction of sp³-hybridized carbons (Fsp3) is 0.500. The fourth-order valence-corrected chi connectivity index (χ4v) is 1.73. The molecule has 0 saturated carbocycles. The van der Waals surface area contributed by atoms with Gasteiger partial charge in [0, 0.05) is 12.1 Å². The molecule has 0 bridgehead atoms. The highest BCUT2D eigenvalue weighted by molar-refractivity contribution is 6.42. The highest BCUT2D eigenvalue weighted by Crippen LogP contribution is 2.25. The number of nitrogens with one attached hydrogen (secondary N) is 1. The van der Waals surface area contributed by atoms with Gasteiger partial charge in [-0.1, -0.05) is 36.2 Å². The zero-order chi connectivity index (χ0) is 11.4. The Balaban J connectivity index is 2.73. The van der Waals surface area contributed by atoms with Crippen molar-refractivity contribution in [1.29, 1.82) is 0 Å². The fourth-order valence-electron chi connectivity index (χ4n) is 1.42. The van der Waals surface area contributed by atoms with Crippen molar-refractivity contribution in [3.63, 3.8) is 0 Å². The number of halogens is 2. The topological polar surface area (TPSA) is 12.0 Å². The summed E-state index contributed by atoms with van der Waals surface area (Å²) in [5.74, 6) is 0. The standard InChI is InChI=1S/C12H17Cl2N/c1-4-8(2)15-9(3)10-5-6-11(13)12(14)7-10/h5-9,15H,4H2,1-3H3/t8-,9+/m1/s1. The Morgan fingerprint density at radius 2 is 1.87 bits per heavy atom. The van der Waals surface area contributed by atoms with Crippen LogP contribution in [0.25, 0.3) is 0 Å². The second kappa shape index (κ2) is 5.74. The maximum Gasteiger partial charge on any atom is 0.0595 e. The van der Waals surface area contributed by atoms with E-state index in [1.807, 2.05) is 18.2 Å². The predicted molar refractivity (Wildman–Crippen MR) is 67.8 cm³/mol. The van der Waals surface area contributed by atoms with Crippen LogP contribution < -0.4 is 5.32 Å². The van der Waals surface area contributed by atoms with Crippen LogP contribution >= 0.6 is 23.2 Å². The van der Waals surface area contributed by atoms with E-state index in [2.05, 4.69) is 26.1 Å². The van der Waals surface area contributed by atoms with Crippen molar-refractivity contribution < 1.29 is 0 Å². The molecule has 0 spiro atoms. The van der Waals surface area contributed by atoms with Gasteiger partial charge in [0.05, 0.1) is 10.0 Å². The molecule has 84 valence electrons. The summed E-state index contributed by atoms with van der Waals surface area (Å²) in [6.07, 6.45) is 1.12. The summed E-state index contributed by atoms with van der Waals surface area (Å²) in [7, 11) is 0. The van der Waals surface area contributed by atoms with E-state index in [9.17, 15) is 0 Å². The third kappa shape index (κ3) is 3.67. The van der Waals surface area contributed by atoms with E-state index in [-0.39, 0.29) is 0 Å². The Kier molecular flexibility index (Phi) is 4.91. The van der Waals surface area contributed by atoms with Crippen LogP contribution in [0, 0.1) is 0 Å². The van der Waals surface area contributed by atoms with Gasteiger partial charge < -0.3 is 5.32 Å². The van der Waals surface area contributed by atoms with Crippen molar-refractivity contribution in [2.75, 3.05) is 0 Å². The molecule has 2 atom stereocenters. The van der Waals surface area contributed by atoms with Gasteiger partial charge >= 0.3 is 0 Å². The lowest BCUT2D eigenvalue weighted by atomic mass is 10.1. The molecule has 1 nitrogen and oxygen atoms in total. The van der Waals surface area contributed by atoms with Gasteiger partial charge in [-0.05, 0) is 38.0 Å². The summed E-state index contributed by atoms with van der Waals surface area (Å²) >= 11 is 11.8. The van der Waals surface area contributed by atoms with Gasteiger partial charge in [0.1, 0.15) is 0 Å². The summed E-state index contributed by atoms with van der Waals surface area (Å²) in [5, 5.41) is 4.72. The van der Waals surface area contributed by atoms with Crippen molar-refractivity contribution in [3.8, 4) is 0 Å². The molecule has 1 aromatic rings. The molecular formula is C12H17Cl2N. The maximum absolute atomic E-state index is 5.97. The van der Waals surface area contributed by atoms with Crippen molar-refractivity contribution in [3.05, 3.63) is 33.8 Å². The smallest absolute Gasteiger partial charge is 0.0595 e. The lowest BCUT2D eigenvalue weighted by Crippen LogP contribution is -2.28. The van der Waals surface area contributed by atoms with Crippen molar-refractivity contribution in [2.45, 2.75) is 39.3 Å². The normalized spacial score (nSPS) is 15.0. The molecule has 15 heavy (non-hydrogen) atoms. The second-order valence-electron chi connectivity index (χ2n) is 3.87. The van der Waals surface area contributed by atoms with E-state index in [1.54, 1.807) is 0 Å².